The molecule has 0 radical (unpaired) electrons. The Labute approximate surface area is 236 Å². The SMILES string of the molecule is CCOC(=O)C1=C(C2Cc3ccccc3N2S(C)(=O)=O)C(=Nc2ccc(Cl)cc2)C(=O)N1c1ccc(Cl)cc1. The summed E-state index contributed by atoms with van der Waals surface area (Å²) in [5.74, 6) is -1.38. The van der Waals surface area contributed by atoms with Crippen LogP contribution < -0.4 is 9.21 Å². The zero-order valence-electron chi connectivity index (χ0n) is 21.0. The standard InChI is InChI=1S/C28H23Cl2N3O5S/c1-3-38-28(35)26-24(23-16-17-6-4-5-7-22(17)33(23)39(2,36)37)25(31-20-12-8-18(29)9-13-20)27(34)32(26)21-14-10-19(30)11-15-21/h4-15,23H,3,16H2,1-2H3. The number of esters is 1. The van der Waals surface area contributed by atoms with Gasteiger partial charge in [0.05, 0.1) is 30.3 Å². The number of aliphatic imine (C=N–C) groups is 1. The number of rotatable bonds is 6. The van der Waals surface area contributed by atoms with E-state index in [0.717, 1.165) is 11.8 Å². The molecule has 39 heavy (non-hydrogen) atoms. The maximum atomic E-state index is 14.1. The van der Waals surface area contributed by atoms with Crippen LogP contribution in [0.2, 0.25) is 10.0 Å². The number of halogens is 2. The predicted octanol–water partition coefficient (Wildman–Crippen LogP) is 5.32. The molecule has 1 unspecified atom stereocenters. The van der Waals surface area contributed by atoms with Crippen molar-refractivity contribution in [2.45, 2.75) is 19.4 Å². The fourth-order valence-electron chi connectivity index (χ4n) is 4.85. The molecule has 0 saturated carbocycles. The Morgan fingerprint density at radius 3 is 2.23 bits per heavy atom. The zero-order chi connectivity index (χ0) is 27.9. The molecule has 0 aromatic heterocycles. The van der Waals surface area contributed by atoms with E-state index in [1.165, 1.54) is 9.21 Å². The number of ether oxygens (including phenoxy) is 1. The molecule has 11 heteroatoms. The van der Waals surface area contributed by atoms with Gasteiger partial charge in [0.1, 0.15) is 11.4 Å². The lowest BCUT2D eigenvalue weighted by molar-refractivity contribution is -0.139. The maximum Gasteiger partial charge on any atom is 0.355 e. The molecule has 5 rings (SSSR count). The maximum absolute atomic E-state index is 14.1. The van der Waals surface area contributed by atoms with Crippen molar-refractivity contribution >= 4 is 67.9 Å². The van der Waals surface area contributed by atoms with E-state index in [9.17, 15) is 18.0 Å². The van der Waals surface area contributed by atoms with Gasteiger partial charge in [0.25, 0.3) is 5.91 Å². The van der Waals surface area contributed by atoms with E-state index in [4.69, 9.17) is 27.9 Å². The Hall–Kier alpha value is -3.66. The number of hydrogen-bond acceptors (Lipinski definition) is 6. The first-order valence-electron chi connectivity index (χ1n) is 12.0. The molecule has 1 atom stereocenters. The minimum absolute atomic E-state index is 0.0443. The van der Waals surface area contributed by atoms with Crippen LogP contribution in [0.1, 0.15) is 12.5 Å². The molecule has 0 saturated heterocycles. The molecule has 1 amide bonds. The molecular weight excluding hydrogens is 561 g/mol. The van der Waals surface area contributed by atoms with E-state index < -0.39 is 27.9 Å². The fraction of sp³-hybridized carbons (Fsp3) is 0.179. The fourth-order valence-corrected chi connectivity index (χ4v) is 6.28. The third-order valence-electron chi connectivity index (χ3n) is 6.38. The number of carbonyl (C=O) groups excluding carboxylic acids is 2. The van der Waals surface area contributed by atoms with Gasteiger partial charge in [0.2, 0.25) is 10.0 Å². The van der Waals surface area contributed by atoms with E-state index >= 15 is 0 Å². The Morgan fingerprint density at radius 1 is 1.00 bits per heavy atom. The second-order valence-corrected chi connectivity index (χ2v) is 11.7. The molecule has 2 aliphatic rings. The van der Waals surface area contributed by atoms with Crippen molar-refractivity contribution in [2.75, 3.05) is 22.1 Å². The van der Waals surface area contributed by atoms with Crippen molar-refractivity contribution in [2.24, 2.45) is 4.99 Å². The second-order valence-electron chi connectivity index (χ2n) is 8.94. The predicted molar refractivity (Wildman–Crippen MR) is 152 cm³/mol. The van der Waals surface area contributed by atoms with Crippen LogP contribution >= 0.6 is 23.2 Å². The number of hydrogen-bond donors (Lipinski definition) is 0. The van der Waals surface area contributed by atoms with E-state index in [2.05, 4.69) is 4.99 Å². The molecule has 2 aliphatic heterocycles. The third kappa shape index (κ3) is 5.05. The number of amides is 1. The van der Waals surface area contributed by atoms with Crippen LogP contribution in [0.25, 0.3) is 0 Å². The Balaban J connectivity index is 1.80. The monoisotopic (exact) mass is 583 g/mol. The molecule has 3 aromatic carbocycles. The summed E-state index contributed by atoms with van der Waals surface area (Å²) in [6.45, 7) is 1.70. The van der Waals surface area contributed by atoms with Crippen molar-refractivity contribution in [1.29, 1.82) is 0 Å². The van der Waals surface area contributed by atoms with Gasteiger partial charge in [0, 0.05) is 27.7 Å². The molecule has 0 fully saturated rings. The number of sulfonamides is 1. The smallest absolute Gasteiger partial charge is 0.355 e. The highest BCUT2D eigenvalue weighted by Gasteiger charge is 2.49. The van der Waals surface area contributed by atoms with Crippen molar-refractivity contribution in [1.82, 2.24) is 0 Å². The van der Waals surface area contributed by atoms with Gasteiger partial charge in [-0.2, -0.15) is 0 Å². The Morgan fingerprint density at radius 2 is 1.62 bits per heavy atom. The van der Waals surface area contributed by atoms with Gasteiger partial charge in [-0.05, 0) is 67.1 Å². The van der Waals surface area contributed by atoms with Gasteiger partial charge in [-0.3, -0.25) is 14.0 Å². The van der Waals surface area contributed by atoms with E-state index in [1.54, 1.807) is 67.6 Å². The lowest BCUT2D eigenvalue weighted by Crippen LogP contribution is -2.40. The summed E-state index contributed by atoms with van der Waals surface area (Å²) in [4.78, 5) is 33.5. The van der Waals surface area contributed by atoms with Crippen molar-refractivity contribution in [3.05, 3.63) is 99.7 Å². The minimum Gasteiger partial charge on any atom is -0.461 e. The van der Waals surface area contributed by atoms with Crippen LogP contribution in [-0.2, 0) is 30.8 Å². The first-order chi connectivity index (χ1) is 18.6. The summed E-state index contributed by atoms with van der Waals surface area (Å²) >= 11 is 12.1. The molecular formula is C28H23Cl2N3O5S. The van der Waals surface area contributed by atoms with E-state index in [-0.39, 0.29) is 30.0 Å². The lowest BCUT2D eigenvalue weighted by Gasteiger charge is -2.27. The lowest BCUT2D eigenvalue weighted by atomic mass is 9.98. The summed E-state index contributed by atoms with van der Waals surface area (Å²) < 4.78 is 33.0. The topological polar surface area (TPSA) is 96.3 Å². The van der Waals surface area contributed by atoms with E-state index in [0.29, 0.717) is 27.1 Å². The summed E-state index contributed by atoms with van der Waals surface area (Å²) in [5, 5.41) is 0.925. The zero-order valence-corrected chi connectivity index (χ0v) is 23.3. The molecule has 0 aliphatic carbocycles. The minimum atomic E-state index is -3.84. The van der Waals surface area contributed by atoms with Crippen molar-refractivity contribution < 1.29 is 22.7 Å². The third-order valence-corrected chi connectivity index (χ3v) is 8.05. The quantitative estimate of drug-likeness (QED) is 0.366. The van der Waals surface area contributed by atoms with E-state index in [1.807, 2.05) is 12.1 Å². The average molecular weight is 584 g/mol. The summed E-state index contributed by atoms with van der Waals surface area (Å²) in [7, 11) is -3.84. The largest absolute Gasteiger partial charge is 0.461 e. The highest BCUT2D eigenvalue weighted by atomic mass is 35.5. The van der Waals surface area contributed by atoms with Crippen LogP contribution in [0.15, 0.2) is 89.1 Å². The van der Waals surface area contributed by atoms with Crippen LogP contribution in [0.3, 0.4) is 0 Å². The van der Waals surface area contributed by atoms with Crippen molar-refractivity contribution in [3.8, 4) is 0 Å². The van der Waals surface area contributed by atoms with Crippen LogP contribution in [-0.4, -0.2) is 44.9 Å². The van der Waals surface area contributed by atoms with Gasteiger partial charge in [-0.25, -0.2) is 18.2 Å². The van der Waals surface area contributed by atoms with Crippen LogP contribution in [0.4, 0.5) is 17.1 Å². The van der Waals surface area contributed by atoms with Gasteiger partial charge >= 0.3 is 5.97 Å². The van der Waals surface area contributed by atoms with Gasteiger partial charge in [-0.15, -0.1) is 0 Å². The van der Waals surface area contributed by atoms with Crippen molar-refractivity contribution in [3.63, 3.8) is 0 Å². The highest BCUT2D eigenvalue weighted by Crippen LogP contribution is 2.42. The Bertz CT molecular complexity index is 1630. The molecule has 0 N–H and O–H groups in total. The van der Waals surface area contributed by atoms with Gasteiger partial charge in [0.15, 0.2) is 0 Å². The first kappa shape index (κ1) is 26.9. The molecule has 0 bridgehead atoms. The summed E-state index contributed by atoms with van der Waals surface area (Å²) in [6, 6.07) is 19.0. The first-order valence-corrected chi connectivity index (χ1v) is 14.6. The number of para-hydroxylation sites is 1. The molecule has 3 aromatic rings. The molecule has 200 valence electrons. The number of benzene rings is 3. The number of fused-ring (bicyclic) bond motifs is 1. The van der Waals surface area contributed by atoms with Gasteiger partial charge < -0.3 is 4.74 Å². The summed E-state index contributed by atoms with van der Waals surface area (Å²) in [5.41, 5.74) is 1.99. The molecule has 0 spiro atoms. The van der Waals surface area contributed by atoms with Crippen LogP contribution in [0, 0.1) is 0 Å². The molecule has 8 nitrogen and oxygen atoms in total. The number of nitrogens with zero attached hydrogens (tertiary/aromatic N) is 3. The van der Waals surface area contributed by atoms with Gasteiger partial charge in [-0.1, -0.05) is 41.4 Å². The highest BCUT2D eigenvalue weighted by molar-refractivity contribution is 7.92. The summed E-state index contributed by atoms with van der Waals surface area (Å²) in [6.07, 6.45) is 1.32. The normalized spacial score (nSPS) is 18.2. The number of carbonyl (C=O) groups is 2. The molecule has 2 heterocycles. The number of anilines is 2. The second kappa shape index (κ2) is 10.5. The van der Waals surface area contributed by atoms with Crippen LogP contribution in [0.5, 0.6) is 0 Å². The Kier molecular flexibility index (Phi) is 7.24. The average Bonchev–Trinajstić information content (AvgIpc) is 3.42.